The predicted molar refractivity (Wildman–Crippen MR) is 65.0 cm³/mol. The van der Waals surface area contributed by atoms with Crippen LogP contribution in [0.2, 0.25) is 0 Å². The molecule has 92 valence electrons. The van der Waals surface area contributed by atoms with E-state index in [4.69, 9.17) is 15.7 Å². The molecule has 1 amide bonds. The van der Waals surface area contributed by atoms with Crippen molar-refractivity contribution in [2.24, 2.45) is 5.84 Å². The summed E-state index contributed by atoms with van der Waals surface area (Å²) >= 11 is 0. The summed E-state index contributed by atoms with van der Waals surface area (Å²) in [6.07, 6.45) is 4.26. The van der Waals surface area contributed by atoms with Crippen LogP contribution in [0.15, 0.2) is 30.3 Å². The Balaban J connectivity index is 2.67. The summed E-state index contributed by atoms with van der Waals surface area (Å²) in [7, 11) is 0. The molecule has 0 unspecified atom stereocenters. The largest absolute Gasteiger partial charge is 0.483 e. The van der Waals surface area contributed by atoms with Gasteiger partial charge >= 0.3 is 0 Å². The first-order valence-corrected chi connectivity index (χ1v) is 5.26. The van der Waals surface area contributed by atoms with Crippen molar-refractivity contribution in [1.29, 1.82) is 0 Å². The third kappa shape index (κ3) is 4.67. The molecule has 0 aliphatic heterocycles. The second-order valence-electron chi connectivity index (χ2n) is 3.31. The molecule has 0 radical (unpaired) electrons. The molecule has 0 spiro atoms. The third-order valence-corrected chi connectivity index (χ3v) is 2.03. The van der Waals surface area contributed by atoms with Crippen molar-refractivity contribution in [3.05, 3.63) is 35.9 Å². The lowest BCUT2D eigenvalue weighted by Gasteiger charge is -2.07. The number of aliphatic hydroxyl groups is 1. The van der Waals surface area contributed by atoms with Gasteiger partial charge in [0.15, 0.2) is 6.61 Å². The summed E-state index contributed by atoms with van der Waals surface area (Å²) in [5.41, 5.74) is 2.84. The molecule has 0 aliphatic rings. The molecule has 0 atom stereocenters. The number of rotatable bonds is 6. The van der Waals surface area contributed by atoms with Gasteiger partial charge in [0, 0.05) is 12.2 Å². The number of para-hydroxylation sites is 1. The highest BCUT2D eigenvalue weighted by molar-refractivity contribution is 5.77. The van der Waals surface area contributed by atoms with Crippen molar-refractivity contribution in [2.45, 2.75) is 6.42 Å². The van der Waals surface area contributed by atoms with E-state index in [9.17, 15) is 4.79 Å². The monoisotopic (exact) mass is 236 g/mol. The van der Waals surface area contributed by atoms with Crippen LogP contribution in [0.25, 0.3) is 6.08 Å². The molecule has 5 heteroatoms. The number of aliphatic hydroxyl groups excluding tert-OH is 1. The average Bonchev–Trinajstić information content (AvgIpc) is 2.37. The smallest absolute Gasteiger partial charge is 0.271 e. The number of hydrazine groups is 1. The number of hydrogen-bond acceptors (Lipinski definition) is 4. The number of nitrogens with one attached hydrogen (secondary N) is 1. The zero-order chi connectivity index (χ0) is 12.5. The summed E-state index contributed by atoms with van der Waals surface area (Å²) < 4.78 is 5.31. The van der Waals surface area contributed by atoms with E-state index < -0.39 is 0 Å². The summed E-state index contributed by atoms with van der Waals surface area (Å²) in [6, 6.07) is 7.32. The van der Waals surface area contributed by atoms with Crippen LogP contribution in [0.4, 0.5) is 0 Å². The fourth-order valence-corrected chi connectivity index (χ4v) is 1.22. The first-order chi connectivity index (χ1) is 8.27. The van der Waals surface area contributed by atoms with Crippen LogP contribution in [0.1, 0.15) is 12.0 Å². The molecule has 0 bridgehead atoms. The predicted octanol–water partition coefficient (Wildman–Crippen LogP) is 0.451. The van der Waals surface area contributed by atoms with Crippen LogP contribution in [-0.4, -0.2) is 24.2 Å². The van der Waals surface area contributed by atoms with E-state index in [0.29, 0.717) is 12.2 Å². The third-order valence-electron chi connectivity index (χ3n) is 2.03. The second-order valence-corrected chi connectivity index (χ2v) is 3.31. The highest BCUT2D eigenvalue weighted by Crippen LogP contribution is 2.19. The van der Waals surface area contributed by atoms with Crippen molar-refractivity contribution in [3.8, 4) is 5.75 Å². The summed E-state index contributed by atoms with van der Waals surface area (Å²) in [4.78, 5) is 10.9. The molecule has 0 aliphatic carbocycles. The highest BCUT2D eigenvalue weighted by atomic mass is 16.5. The number of amides is 1. The lowest BCUT2D eigenvalue weighted by Crippen LogP contribution is -2.34. The SMILES string of the molecule is NNC(=O)COc1ccccc1C=CCCO. The van der Waals surface area contributed by atoms with Crippen LogP contribution in [0.3, 0.4) is 0 Å². The molecular weight excluding hydrogens is 220 g/mol. The maximum absolute atomic E-state index is 10.9. The minimum atomic E-state index is -0.390. The van der Waals surface area contributed by atoms with E-state index in [0.717, 1.165) is 5.56 Å². The lowest BCUT2D eigenvalue weighted by atomic mass is 10.2. The fourth-order valence-electron chi connectivity index (χ4n) is 1.22. The maximum atomic E-state index is 10.9. The quantitative estimate of drug-likeness (QED) is 0.380. The van der Waals surface area contributed by atoms with Crippen LogP contribution < -0.4 is 16.0 Å². The average molecular weight is 236 g/mol. The lowest BCUT2D eigenvalue weighted by molar-refractivity contribution is -0.123. The zero-order valence-corrected chi connectivity index (χ0v) is 9.43. The molecule has 4 N–H and O–H groups in total. The van der Waals surface area contributed by atoms with Crippen molar-refractivity contribution >= 4 is 12.0 Å². The molecule has 1 aromatic rings. The van der Waals surface area contributed by atoms with Crippen molar-refractivity contribution in [1.82, 2.24) is 5.43 Å². The van der Waals surface area contributed by atoms with Gasteiger partial charge in [-0.25, -0.2) is 5.84 Å². The molecule has 1 aromatic carbocycles. The molecule has 0 aromatic heterocycles. The second kappa shape index (κ2) is 7.43. The molecule has 0 heterocycles. The van der Waals surface area contributed by atoms with Crippen LogP contribution in [0.5, 0.6) is 5.75 Å². The fraction of sp³-hybridized carbons (Fsp3) is 0.250. The minimum Gasteiger partial charge on any atom is -0.483 e. The molecule has 0 saturated carbocycles. The van der Waals surface area contributed by atoms with Gasteiger partial charge in [-0.1, -0.05) is 30.4 Å². The number of benzene rings is 1. The van der Waals surface area contributed by atoms with Gasteiger partial charge in [-0.3, -0.25) is 10.2 Å². The van der Waals surface area contributed by atoms with E-state index >= 15 is 0 Å². The van der Waals surface area contributed by atoms with E-state index in [1.165, 1.54) is 0 Å². The Hall–Kier alpha value is -1.85. The Morgan fingerprint density at radius 2 is 2.24 bits per heavy atom. The molecule has 5 nitrogen and oxygen atoms in total. The number of carbonyl (C=O) groups excluding carboxylic acids is 1. The normalized spacial score (nSPS) is 10.5. The summed E-state index contributed by atoms with van der Waals surface area (Å²) in [6.45, 7) is -0.0174. The first kappa shape index (κ1) is 13.2. The van der Waals surface area contributed by atoms with E-state index in [2.05, 4.69) is 0 Å². The Morgan fingerprint density at radius 1 is 1.47 bits per heavy atom. The summed E-state index contributed by atoms with van der Waals surface area (Å²) in [5.74, 6) is 5.16. The van der Waals surface area contributed by atoms with E-state index in [1.807, 2.05) is 35.8 Å². The van der Waals surface area contributed by atoms with E-state index in [1.54, 1.807) is 6.07 Å². The molecular formula is C12H16N2O3. The van der Waals surface area contributed by atoms with Gasteiger partial charge in [0.1, 0.15) is 5.75 Å². The van der Waals surface area contributed by atoms with Crippen LogP contribution in [0, 0.1) is 0 Å². The number of carbonyl (C=O) groups is 1. The van der Waals surface area contributed by atoms with Gasteiger partial charge in [-0.15, -0.1) is 0 Å². The Morgan fingerprint density at radius 3 is 2.94 bits per heavy atom. The maximum Gasteiger partial charge on any atom is 0.271 e. The first-order valence-electron chi connectivity index (χ1n) is 5.26. The Kier molecular flexibility index (Phi) is 5.77. The van der Waals surface area contributed by atoms with Gasteiger partial charge in [-0.05, 0) is 12.5 Å². The molecule has 0 fully saturated rings. The van der Waals surface area contributed by atoms with E-state index in [-0.39, 0.29) is 19.1 Å². The van der Waals surface area contributed by atoms with Gasteiger partial charge in [0.05, 0.1) is 0 Å². The number of hydrogen-bond donors (Lipinski definition) is 3. The van der Waals surface area contributed by atoms with Crippen LogP contribution in [-0.2, 0) is 4.79 Å². The standard InChI is InChI=1S/C12H16N2O3/c13-14-12(16)9-17-11-7-2-1-5-10(11)6-3-4-8-15/h1-3,5-7,15H,4,8-9,13H2,(H,14,16). The molecule has 1 rings (SSSR count). The van der Waals surface area contributed by atoms with Crippen LogP contribution >= 0.6 is 0 Å². The highest BCUT2D eigenvalue weighted by Gasteiger charge is 2.02. The van der Waals surface area contributed by atoms with Crippen molar-refractivity contribution < 1.29 is 14.6 Å². The zero-order valence-electron chi connectivity index (χ0n) is 9.43. The van der Waals surface area contributed by atoms with Crippen molar-refractivity contribution in [3.63, 3.8) is 0 Å². The Labute approximate surface area is 99.9 Å². The Bertz CT molecular complexity index is 391. The van der Waals surface area contributed by atoms with Gasteiger partial charge < -0.3 is 9.84 Å². The van der Waals surface area contributed by atoms with Crippen molar-refractivity contribution in [2.75, 3.05) is 13.2 Å². The molecule has 17 heavy (non-hydrogen) atoms. The number of ether oxygens (including phenoxy) is 1. The topological polar surface area (TPSA) is 84.6 Å². The minimum absolute atomic E-state index is 0.106. The summed E-state index contributed by atoms with van der Waals surface area (Å²) in [5, 5.41) is 8.67. The van der Waals surface area contributed by atoms with Gasteiger partial charge in [0.25, 0.3) is 5.91 Å². The van der Waals surface area contributed by atoms with Gasteiger partial charge in [-0.2, -0.15) is 0 Å². The van der Waals surface area contributed by atoms with Gasteiger partial charge in [0.2, 0.25) is 0 Å². The molecule has 0 saturated heterocycles. The number of nitrogens with two attached hydrogens (primary N) is 1.